The Hall–Kier alpha value is -1.23. The lowest BCUT2D eigenvalue weighted by molar-refractivity contribution is -0.137. The molecule has 0 aliphatic carbocycles. The predicted octanol–water partition coefficient (Wildman–Crippen LogP) is 3.11. The maximum absolute atomic E-state index is 12.3. The van der Waals surface area contributed by atoms with Crippen molar-refractivity contribution < 1.29 is 18.3 Å². The van der Waals surface area contributed by atoms with Gasteiger partial charge in [-0.2, -0.15) is 13.2 Å². The SMILES string of the molecule is CN=Cc1ccc(C(F)(F)F)c(Cl)c1O. The topological polar surface area (TPSA) is 32.6 Å². The number of benzene rings is 1. The molecule has 82 valence electrons. The van der Waals surface area contributed by atoms with Gasteiger partial charge in [0, 0.05) is 18.8 Å². The summed E-state index contributed by atoms with van der Waals surface area (Å²) in [4.78, 5) is 3.57. The number of phenols is 1. The van der Waals surface area contributed by atoms with Crippen molar-refractivity contribution in [3.63, 3.8) is 0 Å². The van der Waals surface area contributed by atoms with Crippen molar-refractivity contribution in [2.24, 2.45) is 4.99 Å². The van der Waals surface area contributed by atoms with E-state index in [2.05, 4.69) is 4.99 Å². The van der Waals surface area contributed by atoms with Crippen molar-refractivity contribution in [2.45, 2.75) is 6.18 Å². The van der Waals surface area contributed by atoms with Gasteiger partial charge in [-0.05, 0) is 12.1 Å². The van der Waals surface area contributed by atoms with E-state index in [0.717, 1.165) is 12.1 Å². The van der Waals surface area contributed by atoms with Crippen LogP contribution in [0.3, 0.4) is 0 Å². The molecule has 1 aromatic rings. The highest BCUT2D eigenvalue weighted by atomic mass is 35.5. The molecule has 0 aliphatic rings. The first-order valence-corrected chi connectivity index (χ1v) is 4.26. The summed E-state index contributed by atoms with van der Waals surface area (Å²) < 4.78 is 37.0. The number of hydrogen-bond donors (Lipinski definition) is 1. The summed E-state index contributed by atoms with van der Waals surface area (Å²) in [5.74, 6) is -0.614. The number of aliphatic imine (C=N–C) groups is 1. The standard InChI is InChI=1S/C9H7ClF3NO/c1-14-4-5-2-3-6(9(11,12)13)7(10)8(5)15/h2-4,15H,1H3. The number of hydrogen-bond acceptors (Lipinski definition) is 2. The molecule has 2 nitrogen and oxygen atoms in total. The summed E-state index contributed by atoms with van der Waals surface area (Å²) in [7, 11) is 1.44. The Morgan fingerprint density at radius 3 is 2.47 bits per heavy atom. The smallest absolute Gasteiger partial charge is 0.417 e. The minimum atomic E-state index is -4.57. The maximum atomic E-state index is 12.3. The summed E-state index contributed by atoms with van der Waals surface area (Å²) in [5.41, 5.74) is -0.912. The molecule has 0 fully saturated rings. The predicted molar refractivity (Wildman–Crippen MR) is 51.6 cm³/mol. The number of aromatic hydroxyl groups is 1. The van der Waals surface area contributed by atoms with Crippen LogP contribution >= 0.6 is 11.6 Å². The van der Waals surface area contributed by atoms with Gasteiger partial charge in [0.1, 0.15) is 5.75 Å². The van der Waals surface area contributed by atoms with Crippen LogP contribution in [0, 0.1) is 0 Å². The van der Waals surface area contributed by atoms with Crippen LogP contribution in [-0.2, 0) is 6.18 Å². The molecule has 0 spiro atoms. The molecule has 0 aromatic heterocycles. The second kappa shape index (κ2) is 4.10. The van der Waals surface area contributed by atoms with E-state index < -0.39 is 22.5 Å². The Labute approximate surface area is 89.0 Å². The summed E-state index contributed by atoms with van der Waals surface area (Å²) >= 11 is 5.39. The third-order valence-corrected chi connectivity index (χ3v) is 2.10. The highest BCUT2D eigenvalue weighted by Gasteiger charge is 2.34. The lowest BCUT2D eigenvalue weighted by Crippen LogP contribution is -2.06. The molecule has 1 rings (SSSR count). The summed E-state index contributed by atoms with van der Waals surface area (Å²) in [6.07, 6.45) is -3.35. The van der Waals surface area contributed by atoms with E-state index in [1.807, 2.05) is 0 Å². The Morgan fingerprint density at radius 1 is 1.40 bits per heavy atom. The quantitative estimate of drug-likeness (QED) is 0.748. The summed E-state index contributed by atoms with van der Waals surface area (Å²) in [6.45, 7) is 0. The van der Waals surface area contributed by atoms with Gasteiger partial charge in [0.25, 0.3) is 0 Å². The normalized spacial score (nSPS) is 12.3. The fraction of sp³-hybridized carbons (Fsp3) is 0.222. The van der Waals surface area contributed by atoms with Crippen LogP contribution in [-0.4, -0.2) is 18.4 Å². The van der Waals surface area contributed by atoms with Gasteiger partial charge >= 0.3 is 6.18 Å². The number of halogens is 4. The first kappa shape index (κ1) is 11.8. The average Bonchev–Trinajstić information content (AvgIpc) is 2.11. The van der Waals surface area contributed by atoms with Crippen molar-refractivity contribution in [3.8, 4) is 5.75 Å². The number of phenolic OH excluding ortho intramolecular Hbond substituents is 1. The van der Waals surface area contributed by atoms with Gasteiger partial charge in [-0.15, -0.1) is 0 Å². The van der Waals surface area contributed by atoms with E-state index in [4.69, 9.17) is 11.6 Å². The molecule has 0 unspecified atom stereocenters. The molecule has 0 saturated carbocycles. The van der Waals surface area contributed by atoms with Gasteiger partial charge in [0.05, 0.1) is 10.6 Å². The van der Waals surface area contributed by atoms with Gasteiger partial charge < -0.3 is 5.11 Å². The minimum Gasteiger partial charge on any atom is -0.506 e. The largest absolute Gasteiger partial charge is 0.506 e. The summed E-state index contributed by atoms with van der Waals surface area (Å²) in [5, 5.41) is 8.64. The molecule has 15 heavy (non-hydrogen) atoms. The monoisotopic (exact) mass is 237 g/mol. The van der Waals surface area contributed by atoms with Crippen molar-refractivity contribution in [3.05, 3.63) is 28.3 Å². The first-order chi connectivity index (χ1) is 6.88. The zero-order valence-corrected chi connectivity index (χ0v) is 8.39. The second-order valence-electron chi connectivity index (χ2n) is 2.75. The molecule has 0 amide bonds. The number of rotatable bonds is 1. The zero-order chi connectivity index (χ0) is 11.6. The van der Waals surface area contributed by atoms with Gasteiger partial charge in [0.2, 0.25) is 0 Å². The molecule has 0 saturated heterocycles. The van der Waals surface area contributed by atoms with Crippen LogP contribution in [0.15, 0.2) is 17.1 Å². The minimum absolute atomic E-state index is 0.149. The van der Waals surface area contributed by atoms with Crippen molar-refractivity contribution in [1.82, 2.24) is 0 Å². The van der Waals surface area contributed by atoms with E-state index in [9.17, 15) is 18.3 Å². The molecule has 0 aliphatic heterocycles. The van der Waals surface area contributed by atoms with Crippen LogP contribution in [0.1, 0.15) is 11.1 Å². The summed E-state index contributed by atoms with van der Waals surface area (Å²) in [6, 6.07) is 1.91. The highest BCUT2D eigenvalue weighted by Crippen LogP contribution is 2.39. The van der Waals surface area contributed by atoms with Crippen LogP contribution in [0.25, 0.3) is 0 Å². The Kier molecular flexibility index (Phi) is 3.24. The van der Waals surface area contributed by atoms with E-state index in [1.54, 1.807) is 0 Å². The molecule has 1 N–H and O–H groups in total. The maximum Gasteiger partial charge on any atom is 0.417 e. The van der Waals surface area contributed by atoms with Crippen LogP contribution in [0.2, 0.25) is 5.02 Å². The number of nitrogens with zero attached hydrogens (tertiary/aromatic N) is 1. The van der Waals surface area contributed by atoms with Crippen LogP contribution in [0.4, 0.5) is 13.2 Å². The van der Waals surface area contributed by atoms with Gasteiger partial charge in [-0.25, -0.2) is 0 Å². The van der Waals surface area contributed by atoms with E-state index in [-0.39, 0.29) is 5.56 Å². The van der Waals surface area contributed by atoms with Gasteiger partial charge in [-0.1, -0.05) is 11.6 Å². The lowest BCUT2D eigenvalue weighted by Gasteiger charge is -2.10. The fourth-order valence-electron chi connectivity index (χ4n) is 1.04. The average molecular weight is 238 g/mol. The van der Waals surface area contributed by atoms with Gasteiger partial charge in [0.15, 0.2) is 0 Å². The molecule has 6 heteroatoms. The van der Waals surface area contributed by atoms with E-state index in [0.29, 0.717) is 0 Å². The molecular weight excluding hydrogens is 231 g/mol. The third kappa shape index (κ3) is 2.41. The Bertz CT molecular complexity index is 401. The fourth-order valence-corrected chi connectivity index (χ4v) is 1.32. The highest BCUT2D eigenvalue weighted by molar-refractivity contribution is 6.33. The van der Waals surface area contributed by atoms with Crippen molar-refractivity contribution >= 4 is 17.8 Å². The van der Waals surface area contributed by atoms with Crippen molar-refractivity contribution in [1.29, 1.82) is 0 Å². The number of alkyl halides is 3. The van der Waals surface area contributed by atoms with E-state index in [1.165, 1.54) is 13.3 Å². The second-order valence-corrected chi connectivity index (χ2v) is 3.13. The Morgan fingerprint density at radius 2 is 2.00 bits per heavy atom. The van der Waals surface area contributed by atoms with Crippen LogP contribution in [0.5, 0.6) is 5.75 Å². The molecule has 0 heterocycles. The van der Waals surface area contributed by atoms with Gasteiger partial charge in [-0.3, -0.25) is 4.99 Å². The lowest BCUT2D eigenvalue weighted by atomic mass is 10.1. The third-order valence-electron chi connectivity index (χ3n) is 1.72. The van der Waals surface area contributed by atoms with Crippen LogP contribution < -0.4 is 0 Å². The molecule has 1 aromatic carbocycles. The first-order valence-electron chi connectivity index (χ1n) is 3.88. The molecule has 0 bridgehead atoms. The molecule has 0 atom stereocenters. The van der Waals surface area contributed by atoms with Crippen molar-refractivity contribution in [2.75, 3.05) is 7.05 Å². The Balaban J connectivity index is 3.34. The zero-order valence-electron chi connectivity index (χ0n) is 7.64. The molecular formula is C9H7ClF3NO. The molecule has 0 radical (unpaired) electrons. The van der Waals surface area contributed by atoms with E-state index >= 15 is 0 Å².